The number of amides is 1. The van der Waals surface area contributed by atoms with Crippen LogP contribution in [0.5, 0.6) is 11.5 Å². The summed E-state index contributed by atoms with van der Waals surface area (Å²) in [6, 6.07) is 13.8. The van der Waals surface area contributed by atoms with E-state index in [4.69, 9.17) is 9.47 Å². The predicted octanol–water partition coefficient (Wildman–Crippen LogP) is 4.78. The number of carbonyl (C=O) groups is 1. The van der Waals surface area contributed by atoms with Crippen LogP contribution in [0.4, 0.5) is 5.69 Å². The Morgan fingerprint density at radius 1 is 1.07 bits per heavy atom. The molecule has 0 spiro atoms. The minimum absolute atomic E-state index is 0.0209. The van der Waals surface area contributed by atoms with E-state index in [1.165, 1.54) is 19.3 Å². The standard InChI is InChI=1S/C24H25NO3/c1-25-20-6-4-3-5-18(20)19(24(25)26)12-16-8-10-21(27-2)23(14-16)28-22-13-15-7-9-17(22)11-15/h3-6,8,10,12,14-15,17,22H,7,9,11,13H2,1-2H3/b19-12+/t15-,17+,22+/m1/s1. The fourth-order valence-corrected chi connectivity index (χ4v) is 5.07. The van der Waals surface area contributed by atoms with Crippen LogP contribution in [0.2, 0.25) is 0 Å². The maximum Gasteiger partial charge on any atom is 0.258 e. The molecule has 144 valence electrons. The van der Waals surface area contributed by atoms with Gasteiger partial charge in [-0.1, -0.05) is 24.3 Å². The number of hydrogen-bond donors (Lipinski definition) is 0. The van der Waals surface area contributed by atoms with Crippen molar-refractivity contribution in [3.05, 3.63) is 53.6 Å². The van der Waals surface area contributed by atoms with Crippen LogP contribution in [0.15, 0.2) is 42.5 Å². The zero-order valence-corrected chi connectivity index (χ0v) is 16.4. The van der Waals surface area contributed by atoms with Gasteiger partial charge in [-0.3, -0.25) is 4.79 Å². The van der Waals surface area contributed by atoms with E-state index in [9.17, 15) is 4.79 Å². The summed E-state index contributed by atoms with van der Waals surface area (Å²) in [5, 5.41) is 0. The first kappa shape index (κ1) is 17.4. The average Bonchev–Trinajstić information content (AvgIpc) is 3.39. The van der Waals surface area contributed by atoms with Gasteiger partial charge in [0, 0.05) is 18.2 Å². The summed E-state index contributed by atoms with van der Waals surface area (Å²) in [5.74, 6) is 3.05. The molecule has 5 rings (SSSR count). The van der Waals surface area contributed by atoms with Crippen LogP contribution in [-0.2, 0) is 4.79 Å². The third-order valence-electron chi connectivity index (χ3n) is 6.54. The molecule has 2 saturated carbocycles. The molecule has 0 aromatic heterocycles. The minimum atomic E-state index is 0.0209. The summed E-state index contributed by atoms with van der Waals surface area (Å²) in [7, 11) is 3.49. The number of anilines is 1. The molecule has 2 aromatic rings. The number of nitrogens with zero attached hydrogens (tertiary/aromatic N) is 1. The smallest absolute Gasteiger partial charge is 0.258 e. The van der Waals surface area contributed by atoms with Crippen molar-refractivity contribution in [2.24, 2.45) is 11.8 Å². The third kappa shape index (κ3) is 2.79. The van der Waals surface area contributed by atoms with Gasteiger partial charge in [-0.15, -0.1) is 0 Å². The molecule has 4 nitrogen and oxygen atoms in total. The number of methoxy groups -OCH3 is 1. The molecular weight excluding hydrogens is 350 g/mol. The van der Waals surface area contributed by atoms with Crippen molar-refractivity contribution in [2.45, 2.75) is 31.8 Å². The zero-order valence-electron chi connectivity index (χ0n) is 16.4. The number of benzene rings is 2. The normalized spacial score (nSPS) is 26.8. The summed E-state index contributed by atoms with van der Waals surface area (Å²) in [5.41, 5.74) is 3.59. The number of hydrogen-bond acceptors (Lipinski definition) is 3. The fourth-order valence-electron chi connectivity index (χ4n) is 5.07. The van der Waals surface area contributed by atoms with E-state index in [1.807, 2.05) is 55.6 Å². The Labute approximate surface area is 165 Å². The Bertz CT molecular complexity index is 964. The summed E-state index contributed by atoms with van der Waals surface area (Å²) in [6.07, 6.45) is 7.32. The van der Waals surface area contributed by atoms with Crippen LogP contribution in [0.25, 0.3) is 11.6 Å². The number of likely N-dealkylation sites (N-methyl/N-ethyl adjacent to an activating group) is 1. The van der Waals surface area contributed by atoms with Crippen LogP contribution in [0.1, 0.15) is 36.8 Å². The van der Waals surface area contributed by atoms with Gasteiger partial charge in [0.15, 0.2) is 11.5 Å². The van der Waals surface area contributed by atoms with Crippen molar-refractivity contribution >= 4 is 23.2 Å². The SMILES string of the molecule is COc1ccc(/C=C2/C(=O)N(C)c3ccccc32)cc1O[C@H]1C[C@@H]2CC[C@H]1C2. The lowest BCUT2D eigenvalue weighted by atomic mass is 9.97. The molecule has 2 fully saturated rings. The van der Waals surface area contributed by atoms with Crippen LogP contribution in [0, 0.1) is 11.8 Å². The second-order valence-electron chi connectivity index (χ2n) is 8.18. The molecule has 3 aliphatic rings. The average molecular weight is 375 g/mol. The summed E-state index contributed by atoms with van der Waals surface area (Å²) in [6.45, 7) is 0. The van der Waals surface area contributed by atoms with E-state index in [-0.39, 0.29) is 12.0 Å². The van der Waals surface area contributed by atoms with E-state index in [0.29, 0.717) is 11.5 Å². The van der Waals surface area contributed by atoms with E-state index in [0.717, 1.165) is 40.7 Å². The first-order valence-electron chi connectivity index (χ1n) is 10.1. The van der Waals surface area contributed by atoms with Crippen LogP contribution in [0.3, 0.4) is 0 Å². The highest BCUT2D eigenvalue weighted by Crippen LogP contribution is 2.47. The van der Waals surface area contributed by atoms with Gasteiger partial charge >= 0.3 is 0 Å². The molecule has 1 aliphatic heterocycles. The quantitative estimate of drug-likeness (QED) is 0.722. The second-order valence-corrected chi connectivity index (χ2v) is 8.18. The third-order valence-corrected chi connectivity index (χ3v) is 6.54. The first-order chi connectivity index (χ1) is 13.6. The van der Waals surface area contributed by atoms with Gasteiger partial charge in [-0.05, 0) is 67.4 Å². The molecule has 2 aromatic carbocycles. The highest BCUT2D eigenvalue weighted by atomic mass is 16.5. The van der Waals surface area contributed by atoms with Gasteiger partial charge < -0.3 is 14.4 Å². The molecule has 0 N–H and O–H groups in total. The minimum Gasteiger partial charge on any atom is -0.493 e. The first-order valence-corrected chi connectivity index (χ1v) is 10.1. The molecule has 0 unspecified atom stereocenters. The summed E-state index contributed by atoms with van der Waals surface area (Å²) < 4.78 is 11.9. The molecule has 0 radical (unpaired) electrons. The van der Waals surface area contributed by atoms with Crippen molar-refractivity contribution in [3.63, 3.8) is 0 Å². The fraction of sp³-hybridized carbons (Fsp3) is 0.375. The maximum atomic E-state index is 12.7. The van der Waals surface area contributed by atoms with Gasteiger partial charge in [0.1, 0.15) is 6.10 Å². The van der Waals surface area contributed by atoms with Gasteiger partial charge in [-0.25, -0.2) is 0 Å². The largest absolute Gasteiger partial charge is 0.493 e. The lowest BCUT2D eigenvalue weighted by Gasteiger charge is -2.24. The molecule has 0 saturated heterocycles. The topological polar surface area (TPSA) is 38.8 Å². The highest BCUT2D eigenvalue weighted by molar-refractivity contribution is 6.35. The monoisotopic (exact) mass is 375 g/mol. The number of ether oxygens (including phenoxy) is 2. The van der Waals surface area contributed by atoms with Gasteiger partial charge in [-0.2, -0.15) is 0 Å². The lowest BCUT2D eigenvalue weighted by molar-refractivity contribution is -0.112. The van der Waals surface area contributed by atoms with Crippen molar-refractivity contribution in [1.29, 1.82) is 0 Å². The number of carbonyl (C=O) groups excluding carboxylic acids is 1. The van der Waals surface area contributed by atoms with Crippen molar-refractivity contribution < 1.29 is 14.3 Å². The molecule has 3 atom stereocenters. The Morgan fingerprint density at radius 2 is 1.93 bits per heavy atom. The van der Waals surface area contributed by atoms with Gasteiger partial charge in [0.05, 0.1) is 12.8 Å². The zero-order chi connectivity index (χ0) is 19.3. The van der Waals surface area contributed by atoms with E-state index in [1.54, 1.807) is 12.0 Å². The second kappa shape index (κ2) is 6.69. The Kier molecular flexibility index (Phi) is 4.15. The Hall–Kier alpha value is -2.75. The van der Waals surface area contributed by atoms with Gasteiger partial charge in [0.25, 0.3) is 5.91 Å². The molecule has 28 heavy (non-hydrogen) atoms. The van der Waals surface area contributed by atoms with Crippen LogP contribution >= 0.6 is 0 Å². The number of fused-ring (bicyclic) bond motifs is 3. The van der Waals surface area contributed by atoms with E-state index in [2.05, 4.69) is 0 Å². The molecular formula is C24H25NO3. The van der Waals surface area contributed by atoms with E-state index >= 15 is 0 Å². The van der Waals surface area contributed by atoms with Crippen LogP contribution in [-0.4, -0.2) is 26.2 Å². The van der Waals surface area contributed by atoms with Crippen molar-refractivity contribution in [3.8, 4) is 11.5 Å². The molecule has 4 heteroatoms. The molecule has 1 amide bonds. The summed E-state index contributed by atoms with van der Waals surface area (Å²) in [4.78, 5) is 14.4. The molecule has 1 heterocycles. The maximum absolute atomic E-state index is 12.7. The molecule has 2 bridgehead atoms. The Balaban J connectivity index is 1.48. The lowest BCUT2D eigenvalue weighted by Crippen LogP contribution is -2.23. The van der Waals surface area contributed by atoms with Crippen molar-refractivity contribution in [1.82, 2.24) is 0 Å². The Morgan fingerprint density at radius 3 is 2.68 bits per heavy atom. The van der Waals surface area contributed by atoms with Crippen molar-refractivity contribution in [2.75, 3.05) is 19.1 Å². The van der Waals surface area contributed by atoms with E-state index < -0.39 is 0 Å². The number of para-hydroxylation sites is 1. The summed E-state index contributed by atoms with van der Waals surface area (Å²) >= 11 is 0. The highest BCUT2D eigenvalue weighted by Gasteiger charge is 2.41. The van der Waals surface area contributed by atoms with Gasteiger partial charge in [0.2, 0.25) is 0 Å². The predicted molar refractivity (Wildman–Crippen MR) is 111 cm³/mol. The number of rotatable bonds is 4. The molecule has 2 aliphatic carbocycles. The van der Waals surface area contributed by atoms with Crippen LogP contribution < -0.4 is 14.4 Å².